The van der Waals surface area contributed by atoms with Crippen LogP contribution in [0.5, 0.6) is 0 Å². The summed E-state index contributed by atoms with van der Waals surface area (Å²) in [6, 6.07) is 12.7. The van der Waals surface area contributed by atoms with Crippen molar-refractivity contribution in [1.82, 2.24) is 20.0 Å². The summed E-state index contributed by atoms with van der Waals surface area (Å²) in [7, 11) is 0. The Kier molecular flexibility index (Phi) is 4.93. The smallest absolute Gasteiger partial charge is 0.270 e. The Bertz CT molecular complexity index is 824. The van der Waals surface area contributed by atoms with Gasteiger partial charge in [0.05, 0.1) is 11.4 Å². The van der Waals surface area contributed by atoms with Crippen LogP contribution >= 0.6 is 0 Å². The molecule has 0 spiro atoms. The molecule has 1 saturated carbocycles. The van der Waals surface area contributed by atoms with Gasteiger partial charge in [-0.05, 0) is 75.7 Å². The molecule has 3 fully saturated rings. The maximum atomic E-state index is 13.1. The van der Waals surface area contributed by atoms with E-state index in [0.29, 0.717) is 23.6 Å². The van der Waals surface area contributed by atoms with E-state index < -0.39 is 0 Å². The van der Waals surface area contributed by atoms with Crippen LogP contribution in [0.4, 0.5) is 0 Å². The Morgan fingerprint density at radius 3 is 2.68 bits per heavy atom. The van der Waals surface area contributed by atoms with Gasteiger partial charge in [-0.3, -0.25) is 4.79 Å². The number of carbonyl (C=O) groups is 1. The SMILES string of the molecule is O=C(NC[C@H]1CCCN2CCCC[C@H]12)c1cc(C2CC2)nn1-c1ccccc1. The summed E-state index contributed by atoms with van der Waals surface area (Å²) in [5.74, 6) is 1.12. The molecule has 3 aliphatic rings. The maximum Gasteiger partial charge on any atom is 0.270 e. The number of nitrogens with one attached hydrogen (secondary N) is 1. The van der Waals surface area contributed by atoms with Gasteiger partial charge in [-0.25, -0.2) is 4.68 Å². The van der Waals surface area contributed by atoms with Gasteiger partial charge in [-0.2, -0.15) is 5.10 Å². The van der Waals surface area contributed by atoms with Gasteiger partial charge in [0.15, 0.2) is 0 Å². The third kappa shape index (κ3) is 3.60. The lowest BCUT2D eigenvalue weighted by Crippen LogP contribution is -2.51. The maximum absolute atomic E-state index is 13.1. The molecule has 2 saturated heterocycles. The molecule has 0 bridgehead atoms. The van der Waals surface area contributed by atoms with Crippen molar-refractivity contribution in [3.63, 3.8) is 0 Å². The molecule has 1 aromatic carbocycles. The molecule has 1 aliphatic carbocycles. The van der Waals surface area contributed by atoms with Crippen LogP contribution in [0, 0.1) is 5.92 Å². The highest BCUT2D eigenvalue weighted by atomic mass is 16.2. The van der Waals surface area contributed by atoms with E-state index in [1.54, 1.807) is 0 Å². The molecule has 2 aromatic rings. The highest BCUT2D eigenvalue weighted by molar-refractivity contribution is 5.93. The van der Waals surface area contributed by atoms with Gasteiger partial charge in [0, 0.05) is 18.5 Å². The molecule has 1 aromatic heterocycles. The summed E-state index contributed by atoms with van der Waals surface area (Å²) in [5.41, 5.74) is 2.69. The monoisotopic (exact) mass is 378 g/mol. The second-order valence-electron chi connectivity index (χ2n) is 8.69. The predicted octanol–water partition coefficient (Wildman–Crippen LogP) is 3.74. The average Bonchev–Trinajstić information content (AvgIpc) is 3.51. The first-order valence-electron chi connectivity index (χ1n) is 11.0. The minimum absolute atomic E-state index is 0.0104. The van der Waals surface area contributed by atoms with Crippen molar-refractivity contribution in [2.45, 2.75) is 56.9 Å². The molecular weight excluding hydrogens is 348 g/mol. The van der Waals surface area contributed by atoms with Gasteiger partial charge in [-0.1, -0.05) is 24.6 Å². The molecular formula is C23H30N4O. The minimum atomic E-state index is 0.0104. The van der Waals surface area contributed by atoms with Crippen LogP contribution in [0.2, 0.25) is 0 Å². The van der Waals surface area contributed by atoms with E-state index in [2.05, 4.69) is 10.2 Å². The van der Waals surface area contributed by atoms with Gasteiger partial charge in [0.1, 0.15) is 5.69 Å². The number of rotatable bonds is 5. The van der Waals surface area contributed by atoms with E-state index in [4.69, 9.17) is 5.10 Å². The number of hydrogen-bond acceptors (Lipinski definition) is 3. The van der Waals surface area contributed by atoms with Crippen LogP contribution < -0.4 is 5.32 Å². The number of para-hydroxylation sites is 1. The van der Waals surface area contributed by atoms with E-state index in [-0.39, 0.29) is 5.91 Å². The Morgan fingerprint density at radius 2 is 1.86 bits per heavy atom. The highest BCUT2D eigenvalue weighted by Gasteiger charge is 2.33. The van der Waals surface area contributed by atoms with Crippen LogP contribution in [-0.4, -0.2) is 46.3 Å². The molecule has 0 radical (unpaired) electrons. The first-order chi connectivity index (χ1) is 13.8. The number of benzene rings is 1. The molecule has 5 heteroatoms. The molecule has 5 rings (SSSR count). The topological polar surface area (TPSA) is 50.2 Å². The van der Waals surface area contributed by atoms with E-state index >= 15 is 0 Å². The number of nitrogens with zero attached hydrogens (tertiary/aromatic N) is 3. The van der Waals surface area contributed by atoms with Crippen LogP contribution in [0.1, 0.15) is 67.0 Å². The summed E-state index contributed by atoms with van der Waals surface area (Å²) in [6.45, 7) is 3.25. The molecule has 1 amide bonds. The van der Waals surface area contributed by atoms with Crippen molar-refractivity contribution in [3.8, 4) is 5.69 Å². The lowest BCUT2D eigenvalue weighted by atomic mass is 9.83. The summed E-state index contributed by atoms with van der Waals surface area (Å²) >= 11 is 0. The van der Waals surface area contributed by atoms with Crippen molar-refractivity contribution >= 4 is 5.91 Å². The molecule has 148 valence electrons. The Hall–Kier alpha value is -2.14. The van der Waals surface area contributed by atoms with E-state index in [1.807, 2.05) is 41.1 Å². The first kappa shape index (κ1) is 17.9. The highest BCUT2D eigenvalue weighted by Crippen LogP contribution is 2.39. The summed E-state index contributed by atoms with van der Waals surface area (Å²) < 4.78 is 1.83. The third-order valence-electron chi connectivity index (χ3n) is 6.71. The fourth-order valence-electron chi connectivity index (χ4n) is 5.04. The zero-order chi connectivity index (χ0) is 18.9. The molecule has 0 unspecified atom stereocenters. The van der Waals surface area contributed by atoms with Gasteiger partial charge in [0.2, 0.25) is 0 Å². The van der Waals surface area contributed by atoms with Gasteiger partial charge >= 0.3 is 0 Å². The third-order valence-corrected chi connectivity index (χ3v) is 6.71. The zero-order valence-corrected chi connectivity index (χ0v) is 16.5. The summed E-state index contributed by atoms with van der Waals surface area (Å²) in [6.07, 6.45) is 8.80. The van der Waals surface area contributed by atoms with E-state index in [9.17, 15) is 4.79 Å². The predicted molar refractivity (Wildman–Crippen MR) is 110 cm³/mol. The Balaban J connectivity index is 1.32. The fraction of sp³-hybridized carbons (Fsp3) is 0.565. The van der Waals surface area contributed by atoms with Crippen LogP contribution in [0.3, 0.4) is 0 Å². The second-order valence-corrected chi connectivity index (χ2v) is 8.69. The number of fused-ring (bicyclic) bond motifs is 1. The van der Waals surface area contributed by atoms with Crippen LogP contribution in [-0.2, 0) is 0 Å². The number of carbonyl (C=O) groups excluding carboxylic acids is 1. The van der Waals surface area contributed by atoms with E-state index in [0.717, 1.165) is 17.9 Å². The zero-order valence-electron chi connectivity index (χ0n) is 16.5. The van der Waals surface area contributed by atoms with Crippen molar-refractivity contribution in [2.24, 2.45) is 5.92 Å². The van der Waals surface area contributed by atoms with Crippen molar-refractivity contribution in [2.75, 3.05) is 19.6 Å². The van der Waals surface area contributed by atoms with Gasteiger partial charge in [0.25, 0.3) is 5.91 Å². The van der Waals surface area contributed by atoms with Gasteiger partial charge < -0.3 is 10.2 Å². The standard InChI is InChI=1S/C23H30N4O/c28-23(24-16-18-7-6-14-26-13-5-4-10-21(18)26)22-15-20(17-11-12-17)25-27(22)19-8-2-1-3-9-19/h1-3,8-9,15,17-18,21H,4-7,10-14,16H2,(H,24,28)/t18-,21-/m1/s1. The summed E-state index contributed by atoms with van der Waals surface area (Å²) in [4.78, 5) is 15.8. The Labute approximate surface area is 167 Å². The van der Waals surface area contributed by atoms with Crippen molar-refractivity contribution in [3.05, 3.63) is 47.8 Å². The number of aromatic nitrogens is 2. The summed E-state index contributed by atoms with van der Waals surface area (Å²) in [5, 5.41) is 8.03. The molecule has 3 heterocycles. The molecule has 5 nitrogen and oxygen atoms in total. The lowest BCUT2D eigenvalue weighted by Gasteiger charge is -2.44. The van der Waals surface area contributed by atoms with Crippen molar-refractivity contribution < 1.29 is 4.79 Å². The average molecular weight is 379 g/mol. The molecule has 2 atom stereocenters. The largest absolute Gasteiger partial charge is 0.350 e. The Morgan fingerprint density at radius 1 is 1.04 bits per heavy atom. The fourth-order valence-corrected chi connectivity index (χ4v) is 5.04. The second kappa shape index (κ2) is 7.70. The first-order valence-corrected chi connectivity index (χ1v) is 11.0. The quantitative estimate of drug-likeness (QED) is 0.862. The number of piperidine rings is 2. The lowest BCUT2D eigenvalue weighted by molar-refractivity contribution is 0.0574. The van der Waals surface area contributed by atoms with Crippen molar-refractivity contribution in [1.29, 1.82) is 0 Å². The normalized spacial score (nSPS) is 25.3. The number of hydrogen-bond donors (Lipinski definition) is 1. The molecule has 1 N–H and O–H groups in total. The van der Waals surface area contributed by atoms with Crippen LogP contribution in [0.15, 0.2) is 36.4 Å². The number of amides is 1. The minimum Gasteiger partial charge on any atom is -0.350 e. The van der Waals surface area contributed by atoms with Gasteiger partial charge in [-0.15, -0.1) is 0 Å². The van der Waals surface area contributed by atoms with Crippen LogP contribution in [0.25, 0.3) is 5.69 Å². The molecule has 2 aliphatic heterocycles. The van der Waals surface area contributed by atoms with E-state index in [1.165, 1.54) is 58.0 Å². The molecule has 28 heavy (non-hydrogen) atoms.